The molecule has 4 N–H and O–H groups in total. The van der Waals surface area contributed by atoms with E-state index in [1.165, 1.54) is 0 Å². The smallest absolute Gasteiger partial charge is 0.322 e. The Morgan fingerprint density at radius 1 is 0.913 bits per heavy atom. The third-order valence-corrected chi connectivity index (χ3v) is 3.22. The molecule has 8 nitrogen and oxygen atoms in total. The van der Waals surface area contributed by atoms with Crippen LogP contribution in [0.4, 0.5) is 0 Å². The van der Waals surface area contributed by atoms with Gasteiger partial charge in [0.25, 0.3) is 0 Å². The lowest BCUT2D eigenvalue weighted by molar-refractivity contribution is -0.140. The summed E-state index contributed by atoms with van der Waals surface area (Å²) < 4.78 is 0. The zero-order valence-corrected chi connectivity index (χ0v) is 13.5. The van der Waals surface area contributed by atoms with Crippen LogP contribution in [0, 0.1) is 0 Å². The molecule has 0 heterocycles. The highest BCUT2D eigenvalue weighted by molar-refractivity contribution is 5.89. The molecule has 0 aromatic heterocycles. The van der Waals surface area contributed by atoms with Gasteiger partial charge in [-0.1, -0.05) is 32.6 Å². The number of carboxylic acids is 2. The predicted molar refractivity (Wildman–Crippen MR) is 82.8 cm³/mol. The fourth-order valence-corrected chi connectivity index (χ4v) is 1.98. The van der Waals surface area contributed by atoms with Crippen molar-refractivity contribution in [2.75, 3.05) is 6.54 Å². The third-order valence-electron chi connectivity index (χ3n) is 3.22. The fraction of sp³-hybridized carbons (Fsp3) is 0.733. The molecule has 23 heavy (non-hydrogen) atoms. The number of rotatable bonds is 13. The maximum Gasteiger partial charge on any atom is 0.322 e. The summed E-state index contributed by atoms with van der Waals surface area (Å²) in [5, 5.41) is 21.8. The lowest BCUT2D eigenvalue weighted by Crippen LogP contribution is -2.48. The van der Waals surface area contributed by atoms with Crippen molar-refractivity contribution in [3.8, 4) is 0 Å². The minimum atomic E-state index is -1.21. The van der Waals surface area contributed by atoms with E-state index in [0.717, 1.165) is 25.7 Å². The topological polar surface area (TPSA) is 133 Å². The van der Waals surface area contributed by atoms with Crippen molar-refractivity contribution < 1.29 is 29.4 Å². The van der Waals surface area contributed by atoms with Gasteiger partial charge in [0.05, 0.1) is 0 Å². The van der Waals surface area contributed by atoms with Gasteiger partial charge in [-0.3, -0.25) is 19.2 Å². The number of nitrogens with one attached hydrogen (secondary N) is 2. The SMILES string of the molecule is CCCCCCCC(=O)NC(CCC(=O)O)C(=O)NCC(=O)O. The number of carbonyl (C=O) groups is 4. The first kappa shape index (κ1) is 20.9. The maximum atomic E-state index is 11.8. The fourth-order valence-electron chi connectivity index (χ4n) is 1.98. The molecule has 0 saturated carbocycles. The first-order valence-corrected chi connectivity index (χ1v) is 7.87. The molecule has 0 aliphatic rings. The van der Waals surface area contributed by atoms with E-state index in [9.17, 15) is 19.2 Å². The lowest BCUT2D eigenvalue weighted by atomic mass is 10.1. The van der Waals surface area contributed by atoms with Gasteiger partial charge in [0.15, 0.2) is 0 Å². The van der Waals surface area contributed by atoms with Gasteiger partial charge >= 0.3 is 11.9 Å². The summed E-state index contributed by atoms with van der Waals surface area (Å²) >= 11 is 0. The molecule has 0 aliphatic heterocycles. The van der Waals surface area contributed by atoms with Gasteiger partial charge in [-0.05, 0) is 12.8 Å². The van der Waals surface area contributed by atoms with E-state index in [0.29, 0.717) is 6.42 Å². The summed E-state index contributed by atoms with van der Waals surface area (Å²) in [6.45, 7) is 1.52. The van der Waals surface area contributed by atoms with Gasteiger partial charge in [-0.25, -0.2) is 0 Å². The Hall–Kier alpha value is -2.12. The molecule has 0 bridgehead atoms. The van der Waals surface area contributed by atoms with Crippen LogP contribution in [0.25, 0.3) is 0 Å². The van der Waals surface area contributed by atoms with E-state index < -0.39 is 30.4 Å². The quantitative estimate of drug-likeness (QED) is 0.371. The highest BCUT2D eigenvalue weighted by atomic mass is 16.4. The standard InChI is InChI=1S/C15H26N2O6/c1-2-3-4-5-6-7-12(18)17-11(8-9-13(19)20)15(23)16-10-14(21)22/h11H,2-10H2,1H3,(H,16,23)(H,17,18)(H,19,20)(H,21,22). The monoisotopic (exact) mass is 330 g/mol. The predicted octanol–water partition coefficient (Wildman–Crippen LogP) is 0.897. The average molecular weight is 330 g/mol. The van der Waals surface area contributed by atoms with Crippen molar-refractivity contribution in [2.24, 2.45) is 0 Å². The lowest BCUT2D eigenvalue weighted by Gasteiger charge is -2.17. The summed E-state index contributed by atoms with van der Waals surface area (Å²) in [6.07, 6.45) is 4.78. The van der Waals surface area contributed by atoms with Crippen molar-refractivity contribution in [1.29, 1.82) is 0 Å². The second-order valence-electron chi connectivity index (χ2n) is 5.33. The minimum Gasteiger partial charge on any atom is -0.481 e. The van der Waals surface area contributed by atoms with Crippen LogP contribution in [-0.2, 0) is 19.2 Å². The molecular weight excluding hydrogens is 304 g/mol. The number of unbranched alkanes of at least 4 members (excludes halogenated alkanes) is 4. The molecule has 8 heteroatoms. The average Bonchev–Trinajstić information content (AvgIpc) is 2.48. The summed E-state index contributed by atoms with van der Waals surface area (Å²) in [6, 6.07) is -1.03. The number of carbonyl (C=O) groups excluding carboxylic acids is 2. The van der Waals surface area contributed by atoms with Crippen molar-refractivity contribution in [2.45, 2.75) is 64.3 Å². The number of hydrogen-bond acceptors (Lipinski definition) is 4. The zero-order chi connectivity index (χ0) is 17.7. The molecule has 0 aromatic rings. The number of carboxylic acid groups (broad SMARTS) is 2. The molecule has 0 aromatic carbocycles. The van der Waals surface area contributed by atoms with Crippen LogP contribution < -0.4 is 10.6 Å². The Labute approximate surface area is 135 Å². The molecular formula is C15H26N2O6. The van der Waals surface area contributed by atoms with Crippen LogP contribution >= 0.6 is 0 Å². The Morgan fingerprint density at radius 3 is 2.13 bits per heavy atom. The summed E-state index contributed by atoms with van der Waals surface area (Å²) in [4.78, 5) is 44.7. The third kappa shape index (κ3) is 12.1. The van der Waals surface area contributed by atoms with E-state index in [1.54, 1.807) is 0 Å². The van der Waals surface area contributed by atoms with E-state index in [1.807, 2.05) is 0 Å². The molecule has 0 rings (SSSR count). The summed E-state index contributed by atoms with van der Waals surface area (Å²) in [7, 11) is 0. The maximum absolute atomic E-state index is 11.8. The largest absolute Gasteiger partial charge is 0.481 e. The Bertz CT molecular complexity index is 411. The molecule has 1 unspecified atom stereocenters. The minimum absolute atomic E-state index is 0.0810. The van der Waals surface area contributed by atoms with E-state index in [-0.39, 0.29) is 25.2 Å². The summed E-state index contributed by atoms with van der Waals surface area (Å²) in [5.74, 6) is -3.32. The zero-order valence-electron chi connectivity index (χ0n) is 13.5. The number of aliphatic carboxylic acids is 2. The highest BCUT2D eigenvalue weighted by Gasteiger charge is 2.21. The normalized spacial score (nSPS) is 11.5. The van der Waals surface area contributed by atoms with Gasteiger partial charge < -0.3 is 20.8 Å². The van der Waals surface area contributed by atoms with Crippen LogP contribution in [0.15, 0.2) is 0 Å². The van der Waals surface area contributed by atoms with Gasteiger partial charge in [0, 0.05) is 12.8 Å². The first-order chi connectivity index (χ1) is 10.9. The Morgan fingerprint density at radius 2 is 1.57 bits per heavy atom. The highest BCUT2D eigenvalue weighted by Crippen LogP contribution is 2.06. The number of amides is 2. The van der Waals surface area contributed by atoms with Crippen LogP contribution in [0.5, 0.6) is 0 Å². The number of hydrogen-bond donors (Lipinski definition) is 4. The molecule has 0 radical (unpaired) electrons. The van der Waals surface area contributed by atoms with E-state index in [2.05, 4.69) is 17.6 Å². The van der Waals surface area contributed by atoms with Crippen molar-refractivity contribution in [1.82, 2.24) is 10.6 Å². The van der Waals surface area contributed by atoms with Gasteiger partial charge in [0.2, 0.25) is 11.8 Å². The summed E-state index contributed by atoms with van der Waals surface area (Å²) in [5.41, 5.74) is 0. The molecule has 0 aliphatic carbocycles. The molecule has 2 amide bonds. The molecule has 132 valence electrons. The second kappa shape index (κ2) is 12.4. The van der Waals surface area contributed by atoms with E-state index in [4.69, 9.17) is 10.2 Å². The van der Waals surface area contributed by atoms with Crippen molar-refractivity contribution in [3.63, 3.8) is 0 Å². The Kier molecular flexibility index (Phi) is 11.3. The first-order valence-electron chi connectivity index (χ1n) is 7.87. The molecule has 0 fully saturated rings. The van der Waals surface area contributed by atoms with E-state index >= 15 is 0 Å². The van der Waals surface area contributed by atoms with Gasteiger partial charge in [-0.15, -0.1) is 0 Å². The van der Waals surface area contributed by atoms with Crippen LogP contribution in [0.1, 0.15) is 58.3 Å². The Balaban J connectivity index is 4.32. The van der Waals surface area contributed by atoms with Crippen LogP contribution in [-0.4, -0.2) is 46.6 Å². The van der Waals surface area contributed by atoms with Crippen molar-refractivity contribution in [3.05, 3.63) is 0 Å². The van der Waals surface area contributed by atoms with Crippen molar-refractivity contribution >= 4 is 23.8 Å². The van der Waals surface area contributed by atoms with Gasteiger partial charge in [0.1, 0.15) is 12.6 Å². The second-order valence-corrected chi connectivity index (χ2v) is 5.33. The molecule has 0 saturated heterocycles. The van der Waals surface area contributed by atoms with Gasteiger partial charge in [-0.2, -0.15) is 0 Å². The molecule has 0 spiro atoms. The molecule has 1 atom stereocenters. The van der Waals surface area contributed by atoms with Crippen LogP contribution in [0.3, 0.4) is 0 Å². The van der Waals surface area contributed by atoms with Crippen LogP contribution in [0.2, 0.25) is 0 Å².